The maximum absolute atomic E-state index is 11.7. The van der Waals surface area contributed by atoms with Crippen LogP contribution in [0, 0.1) is 11.5 Å². The molecule has 1 amide bonds. The molecule has 1 aliphatic rings. The molecule has 0 saturated heterocycles. The average Bonchev–Trinajstić information content (AvgIpc) is 2.57. The summed E-state index contributed by atoms with van der Waals surface area (Å²) in [5.74, 6) is -0.283. The van der Waals surface area contributed by atoms with E-state index in [0.29, 0.717) is 26.9 Å². The predicted octanol–water partition coefficient (Wildman–Crippen LogP) is 2.48. The van der Waals surface area contributed by atoms with Crippen molar-refractivity contribution >= 4 is 52.0 Å². The van der Waals surface area contributed by atoms with Crippen LogP contribution in [0.5, 0.6) is 0 Å². The fourth-order valence-electron chi connectivity index (χ4n) is 1.55. The van der Waals surface area contributed by atoms with Gasteiger partial charge in [-0.25, -0.2) is 0 Å². The highest BCUT2D eigenvalue weighted by molar-refractivity contribution is 7.80. The number of hydrogen-bond acceptors (Lipinski definition) is 3. The average molecular weight is 298 g/mol. The molecule has 0 aliphatic carbocycles. The molecule has 0 atom stereocenters. The highest BCUT2D eigenvalue weighted by Crippen LogP contribution is 2.32. The zero-order chi connectivity index (χ0) is 13.3. The minimum Gasteiger partial charge on any atom is -0.321 e. The second-order valence-electron chi connectivity index (χ2n) is 3.43. The van der Waals surface area contributed by atoms with E-state index in [9.17, 15) is 4.79 Å². The summed E-state index contributed by atoms with van der Waals surface area (Å²) in [6.07, 6.45) is 3.18. The Labute approximate surface area is 118 Å². The van der Waals surface area contributed by atoms with E-state index in [1.807, 2.05) is 0 Å². The first kappa shape index (κ1) is 12.8. The molecule has 0 bridgehead atoms. The lowest BCUT2D eigenvalue weighted by Crippen LogP contribution is -2.16. The number of fused-ring (bicyclic) bond motifs is 1. The topological polar surface area (TPSA) is 64.9 Å². The van der Waals surface area contributed by atoms with Gasteiger partial charge < -0.3 is 5.32 Å². The van der Waals surface area contributed by atoms with Crippen LogP contribution in [0.4, 0.5) is 0 Å². The van der Waals surface area contributed by atoms with Gasteiger partial charge in [-0.05, 0) is 18.2 Å². The normalized spacial score (nSPS) is 14.9. The van der Waals surface area contributed by atoms with Gasteiger partial charge in [-0.15, -0.1) is 0 Å². The van der Waals surface area contributed by atoms with Crippen molar-refractivity contribution in [1.82, 2.24) is 10.6 Å². The van der Waals surface area contributed by atoms with E-state index < -0.39 is 0 Å². The molecule has 1 aromatic rings. The number of thiocarbonyl (C=S) groups is 1. The van der Waals surface area contributed by atoms with Crippen LogP contribution in [0.3, 0.4) is 0 Å². The van der Waals surface area contributed by atoms with Gasteiger partial charge in [0.1, 0.15) is 4.99 Å². The molecule has 1 heterocycles. The first-order valence-electron chi connectivity index (χ1n) is 4.74. The lowest BCUT2D eigenvalue weighted by atomic mass is 10.1. The number of nitrogens with zero attached hydrogens (tertiary/aromatic N) is 1. The molecule has 0 fully saturated rings. The van der Waals surface area contributed by atoms with E-state index in [-0.39, 0.29) is 10.9 Å². The first-order chi connectivity index (χ1) is 8.52. The largest absolute Gasteiger partial charge is 0.321 e. The van der Waals surface area contributed by atoms with Gasteiger partial charge in [-0.3, -0.25) is 10.1 Å². The summed E-state index contributed by atoms with van der Waals surface area (Å²) in [4.78, 5) is 11.9. The van der Waals surface area contributed by atoms with Crippen molar-refractivity contribution in [3.05, 3.63) is 39.4 Å². The molecule has 1 aliphatic heterocycles. The molecular formula is C11H5Cl2N3OS. The Hall–Kier alpha value is -1.61. The number of hydrogen-bond donors (Lipinski definition) is 2. The number of halogens is 2. The highest BCUT2D eigenvalue weighted by atomic mass is 35.5. The van der Waals surface area contributed by atoms with E-state index in [0.717, 1.165) is 0 Å². The van der Waals surface area contributed by atoms with Crippen molar-refractivity contribution in [2.75, 3.05) is 0 Å². The maximum Gasteiger partial charge on any atom is 0.256 e. The smallest absolute Gasteiger partial charge is 0.256 e. The Morgan fingerprint density at radius 3 is 2.61 bits per heavy atom. The minimum absolute atomic E-state index is 0.201. The van der Waals surface area contributed by atoms with Gasteiger partial charge in [0.2, 0.25) is 0 Å². The van der Waals surface area contributed by atoms with Crippen LogP contribution in [0.15, 0.2) is 18.2 Å². The van der Waals surface area contributed by atoms with E-state index in [1.54, 1.807) is 12.3 Å². The zero-order valence-corrected chi connectivity index (χ0v) is 11.1. The first-order valence-corrected chi connectivity index (χ1v) is 5.91. The Morgan fingerprint density at radius 2 is 2.00 bits per heavy atom. The summed E-state index contributed by atoms with van der Waals surface area (Å²) in [6.45, 7) is 0. The van der Waals surface area contributed by atoms with E-state index in [2.05, 4.69) is 10.6 Å². The van der Waals surface area contributed by atoms with Crippen molar-refractivity contribution in [2.45, 2.75) is 0 Å². The summed E-state index contributed by atoms with van der Waals surface area (Å²) in [5, 5.41) is 14.0. The number of rotatable bonds is 1. The van der Waals surface area contributed by atoms with Crippen LogP contribution in [0.2, 0.25) is 10.0 Å². The molecule has 0 spiro atoms. The SMILES string of the molecule is N#CNC(=S)/C=C1\NC(=O)c2cc(Cl)c(Cl)cc21. The standard InChI is InChI=1S/C11H5Cl2N3OS/c12-7-1-5-6(2-8(7)13)11(17)16-9(5)3-10(18)15-4-14/h1-3H,(H,15,18)(H,16,17)/b9-3-. The fraction of sp³-hybridized carbons (Fsp3) is 0. The van der Waals surface area contributed by atoms with Gasteiger partial charge in [0.25, 0.3) is 5.91 Å². The number of carbonyl (C=O) groups is 1. The molecule has 7 heteroatoms. The zero-order valence-electron chi connectivity index (χ0n) is 8.75. The van der Waals surface area contributed by atoms with Crippen molar-refractivity contribution in [3.8, 4) is 6.19 Å². The number of benzene rings is 1. The summed E-state index contributed by atoms with van der Waals surface area (Å²) in [5.41, 5.74) is 1.52. The van der Waals surface area contributed by atoms with Gasteiger partial charge in [-0.1, -0.05) is 35.4 Å². The van der Waals surface area contributed by atoms with Crippen LogP contribution >= 0.6 is 35.4 Å². The molecule has 90 valence electrons. The van der Waals surface area contributed by atoms with Gasteiger partial charge in [0, 0.05) is 5.56 Å². The molecule has 18 heavy (non-hydrogen) atoms. The lowest BCUT2D eigenvalue weighted by molar-refractivity contribution is 0.0981. The molecule has 2 rings (SSSR count). The van der Waals surface area contributed by atoms with Crippen molar-refractivity contribution in [2.24, 2.45) is 0 Å². The maximum atomic E-state index is 11.7. The molecular weight excluding hydrogens is 293 g/mol. The molecule has 0 unspecified atom stereocenters. The second kappa shape index (κ2) is 4.94. The highest BCUT2D eigenvalue weighted by Gasteiger charge is 2.25. The Balaban J connectivity index is 2.48. The number of nitrogens with one attached hydrogen (secondary N) is 2. The minimum atomic E-state index is -0.283. The third kappa shape index (κ3) is 2.31. The molecule has 4 nitrogen and oxygen atoms in total. The van der Waals surface area contributed by atoms with Gasteiger partial charge in [-0.2, -0.15) is 5.26 Å². The summed E-state index contributed by atoms with van der Waals surface area (Å²) in [7, 11) is 0. The third-order valence-corrected chi connectivity index (χ3v) is 3.24. The van der Waals surface area contributed by atoms with Gasteiger partial charge in [0.05, 0.1) is 21.3 Å². The third-order valence-electron chi connectivity index (χ3n) is 2.30. The fourth-order valence-corrected chi connectivity index (χ4v) is 2.04. The molecule has 0 radical (unpaired) electrons. The monoisotopic (exact) mass is 297 g/mol. The molecule has 0 saturated carbocycles. The lowest BCUT2D eigenvalue weighted by Gasteiger charge is -2.02. The molecule has 2 N–H and O–H groups in total. The van der Waals surface area contributed by atoms with Crippen LogP contribution in [-0.2, 0) is 0 Å². The summed E-state index contributed by atoms with van der Waals surface area (Å²) in [6, 6.07) is 3.08. The predicted molar refractivity (Wildman–Crippen MR) is 73.3 cm³/mol. The number of carbonyl (C=O) groups excluding carboxylic acids is 1. The van der Waals surface area contributed by atoms with Gasteiger partial charge in [0.15, 0.2) is 6.19 Å². The summed E-state index contributed by atoms with van der Waals surface area (Å²) >= 11 is 16.6. The quantitative estimate of drug-likeness (QED) is 0.362. The van der Waals surface area contributed by atoms with E-state index >= 15 is 0 Å². The van der Waals surface area contributed by atoms with Crippen molar-refractivity contribution < 1.29 is 4.79 Å². The second-order valence-corrected chi connectivity index (χ2v) is 4.68. The van der Waals surface area contributed by atoms with Crippen LogP contribution < -0.4 is 10.6 Å². The Kier molecular flexibility index (Phi) is 3.53. The van der Waals surface area contributed by atoms with Crippen LogP contribution in [-0.4, -0.2) is 10.9 Å². The number of nitriles is 1. The number of amides is 1. The Bertz CT molecular complexity index is 634. The Morgan fingerprint density at radius 1 is 1.39 bits per heavy atom. The van der Waals surface area contributed by atoms with Crippen LogP contribution in [0.1, 0.15) is 15.9 Å². The summed E-state index contributed by atoms with van der Waals surface area (Å²) < 4.78 is 0. The van der Waals surface area contributed by atoms with Gasteiger partial charge >= 0.3 is 0 Å². The molecule has 1 aromatic carbocycles. The molecule has 0 aromatic heterocycles. The van der Waals surface area contributed by atoms with Crippen LogP contribution in [0.25, 0.3) is 5.70 Å². The van der Waals surface area contributed by atoms with E-state index in [1.165, 1.54) is 12.1 Å². The van der Waals surface area contributed by atoms with Crippen molar-refractivity contribution in [3.63, 3.8) is 0 Å². The van der Waals surface area contributed by atoms with E-state index in [4.69, 9.17) is 40.7 Å². The van der Waals surface area contributed by atoms with Crippen molar-refractivity contribution in [1.29, 1.82) is 5.26 Å².